The predicted octanol–water partition coefficient (Wildman–Crippen LogP) is 2.99. The molecule has 5 nitrogen and oxygen atoms in total. The Morgan fingerprint density at radius 3 is 2.80 bits per heavy atom. The third kappa shape index (κ3) is 4.55. The van der Waals surface area contributed by atoms with Crippen molar-refractivity contribution in [3.63, 3.8) is 0 Å². The number of nitrogens with zero attached hydrogens (tertiary/aromatic N) is 1. The standard InChI is InChI=1S/C14H17N3O2S/c1-10(2-3-11-4-6-12(18)7-5-11)16-13(19)17-14-15-8-9-20-14/h4-10,18H,2-3H2,1H3,(H2,15,16,17,19)/t10-/m0/s1. The molecule has 0 aliphatic carbocycles. The van der Waals surface area contributed by atoms with Crippen LogP contribution in [0.1, 0.15) is 18.9 Å². The Kier molecular flexibility index (Phi) is 4.95. The second-order valence-electron chi connectivity index (χ2n) is 4.54. The highest BCUT2D eigenvalue weighted by Crippen LogP contribution is 2.12. The number of hydrogen-bond acceptors (Lipinski definition) is 4. The van der Waals surface area contributed by atoms with Crippen molar-refractivity contribution in [3.05, 3.63) is 41.4 Å². The van der Waals surface area contributed by atoms with Gasteiger partial charge < -0.3 is 10.4 Å². The van der Waals surface area contributed by atoms with E-state index in [0.717, 1.165) is 18.4 Å². The monoisotopic (exact) mass is 291 g/mol. The van der Waals surface area contributed by atoms with Crippen molar-refractivity contribution >= 4 is 22.5 Å². The molecule has 2 amide bonds. The molecule has 0 aliphatic rings. The van der Waals surface area contributed by atoms with Crippen LogP contribution in [0, 0.1) is 0 Å². The van der Waals surface area contributed by atoms with Gasteiger partial charge in [0.25, 0.3) is 0 Å². The van der Waals surface area contributed by atoms with Gasteiger partial charge in [-0.3, -0.25) is 5.32 Å². The van der Waals surface area contributed by atoms with Gasteiger partial charge in [-0.15, -0.1) is 11.3 Å². The largest absolute Gasteiger partial charge is 0.508 e. The van der Waals surface area contributed by atoms with Crippen molar-refractivity contribution in [2.45, 2.75) is 25.8 Å². The topological polar surface area (TPSA) is 74.2 Å². The number of carbonyl (C=O) groups excluding carboxylic acids is 1. The summed E-state index contributed by atoms with van der Waals surface area (Å²) >= 11 is 1.38. The van der Waals surface area contributed by atoms with Crippen LogP contribution in [0.5, 0.6) is 5.75 Å². The van der Waals surface area contributed by atoms with Crippen LogP contribution in [-0.4, -0.2) is 22.2 Å². The van der Waals surface area contributed by atoms with E-state index >= 15 is 0 Å². The second kappa shape index (κ2) is 6.91. The fourth-order valence-corrected chi connectivity index (χ4v) is 2.28. The second-order valence-corrected chi connectivity index (χ2v) is 5.44. The van der Waals surface area contributed by atoms with E-state index in [2.05, 4.69) is 15.6 Å². The lowest BCUT2D eigenvalue weighted by molar-refractivity contribution is 0.248. The molecule has 2 rings (SSSR count). The van der Waals surface area contributed by atoms with Gasteiger partial charge in [0.15, 0.2) is 5.13 Å². The Morgan fingerprint density at radius 2 is 2.15 bits per heavy atom. The molecule has 0 aliphatic heterocycles. The molecular weight excluding hydrogens is 274 g/mol. The van der Waals surface area contributed by atoms with Crippen molar-refractivity contribution in [1.82, 2.24) is 10.3 Å². The van der Waals surface area contributed by atoms with Crippen molar-refractivity contribution < 1.29 is 9.90 Å². The van der Waals surface area contributed by atoms with Crippen LogP contribution >= 0.6 is 11.3 Å². The number of nitrogens with one attached hydrogen (secondary N) is 2. The zero-order valence-corrected chi connectivity index (χ0v) is 12.0. The summed E-state index contributed by atoms with van der Waals surface area (Å²) in [4.78, 5) is 15.7. The SMILES string of the molecule is C[C@@H](CCc1ccc(O)cc1)NC(=O)Nc1nccs1. The van der Waals surface area contributed by atoms with Crippen molar-refractivity contribution in [2.75, 3.05) is 5.32 Å². The summed E-state index contributed by atoms with van der Waals surface area (Å²) in [7, 11) is 0. The van der Waals surface area contributed by atoms with Gasteiger partial charge in [0.05, 0.1) is 0 Å². The maximum absolute atomic E-state index is 11.7. The quantitative estimate of drug-likeness (QED) is 0.792. The molecule has 0 bridgehead atoms. The molecule has 0 saturated carbocycles. The number of aryl methyl sites for hydroxylation is 1. The van der Waals surface area contributed by atoms with Gasteiger partial charge in [0.1, 0.15) is 5.75 Å². The lowest BCUT2D eigenvalue weighted by atomic mass is 10.1. The van der Waals surface area contributed by atoms with Crippen LogP contribution in [0.3, 0.4) is 0 Å². The van der Waals surface area contributed by atoms with E-state index in [1.807, 2.05) is 24.4 Å². The molecule has 0 unspecified atom stereocenters. The first kappa shape index (κ1) is 14.3. The molecule has 0 radical (unpaired) electrons. The third-order valence-corrected chi connectivity index (χ3v) is 3.52. The minimum Gasteiger partial charge on any atom is -0.508 e. The molecule has 1 aromatic carbocycles. The zero-order valence-electron chi connectivity index (χ0n) is 11.2. The number of urea groups is 1. The van der Waals surface area contributed by atoms with E-state index in [1.165, 1.54) is 11.3 Å². The lowest BCUT2D eigenvalue weighted by Gasteiger charge is -2.13. The number of thiazole rings is 1. The molecular formula is C14H17N3O2S. The predicted molar refractivity (Wildman–Crippen MR) is 80.2 cm³/mol. The summed E-state index contributed by atoms with van der Waals surface area (Å²) in [5.74, 6) is 0.266. The highest BCUT2D eigenvalue weighted by molar-refractivity contribution is 7.13. The number of rotatable bonds is 5. The van der Waals surface area contributed by atoms with E-state index in [1.54, 1.807) is 18.3 Å². The van der Waals surface area contributed by atoms with Gasteiger partial charge >= 0.3 is 6.03 Å². The fourth-order valence-electron chi connectivity index (χ4n) is 1.76. The van der Waals surface area contributed by atoms with Crippen LogP contribution in [0.25, 0.3) is 0 Å². The average molecular weight is 291 g/mol. The number of amides is 2. The van der Waals surface area contributed by atoms with E-state index in [0.29, 0.717) is 5.13 Å². The maximum Gasteiger partial charge on any atom is 0.321 e. The van der Waals surface area contributed by atoms with Crippen LogP contribution in [0.4, 0.5) is 9.93 Å². The average Bonchev–Trinajstić information content (AvgIpc) is 2.90. The summed E-state index contributed by atoms with van der Waals surface area (Å²) in [6, 6.07) is 6.93. The number of carbonyl (C=O) groups is 1. The third-order valence-electron chi connectivity index (χ3n) is 2.83. The molecule has 3 N–H and O–H groups in total. The Hall–Kier alpha value is -2.08. The molecule has 1 aromatic heterocycles. The van der Waals surface area contributed by atoms with Gasteiger partial charge in [-0.05, 0) is 37.5 Å². The number of anilines is 1. The Morgan fingerprint density at radius 1 is 1.40 bits per heavy atom. The minimum absolute atomic E-state index is 0.0590. The van der Waals surface area contributed by atoms with E-state index < -0.39 is 0 Å². The van der Waals surface area contributed by atoms with Crippen LogP contribution in [-0.2, 0) is 6.42 Å². The summed E-state index contributed by atoms with van der Waals surface area (Å²) in [5.41, 5.74) is 1.14. The number of hydrogen-bond donors (Lipinski definition) is 3. The van der Waals surface area contributed by atoms with Gasteiger partial charge in [-0.1, -0.05) is 12.1 Å². The maximum atomic E-state index is 11.7. The van der Waals surface area contributed by atoms with Crippen molar-refractivity contribution in [1.29, 1.82) is 0 Å². The van der Waals surface area contributed by atoms with E-state index in [-0.39, 0.29) is 17.8 Å². The molecule has 106 valence electrons. The van der Waals surface area contributed by atoms with Gasteiger partial charge in [-0.2, -0.15) is 0 Å². The summed E-state index contributed by atoms with van der Waals surface area (Å²) in [5, 5.41) is 17.2. The first-order chi connectivity index (χ1) is 9.63. The molecule has 20 heavy (non-hydrogen) atoms. The van der Waals surface area contributed by atoms with E-state index in [4.69, 9.17) is 0 Å². The fraction of sp³-hybridized carbons (Fsp3) is 0.286. The zero-order chi connectivity index (χ0) is 14.4. The number of aromatic hydroxyl groups is 1. The first-order valence-electron chi connectivity index (χ1n) is 6.38. The normalized spacial score (nSPS) is 11.8. The van der Waals surface area contributed by atoms with Crippen molar-refractivity contribution in [3.8, 4) is 5.75 Å². The molecule has 1 heterocycles. The van der Waals surface area contributed by atoms with Gasteiger partial charge in [-0.25, -0.2) is 9.78 Å². The van der Waals surface area contributed by atoms with E-state index in [9.17, 15) is 9.90 Å². The van der Waals surface area contributed by atoms with Gasteiger partial charge in [0.2, 0.25) is 0 Å². The van der Waals surface area contributed by atoms with Crippen LogP contribution < -0.4 is 10.6 Å². The Labute approximate surface area is 121 Å². The molecule has 0 fully saturated rings. The number of phenolic OH excluding ortho intramolecular Hbond substituents is 1. The van der Waals surface area contributed by atoms with Crippen molar-refractivity contribution in [2.24, 2.45) is 0 Å². The minimum atomic E-state index is -0.238. The first-order valence-corrected chi connectivity index (χ1v) is 7.26. The number of benzene rings is 1. The van der Waals surface area contributed by atoms with Crippen LogP contribution in [0.15, 0.2) is 35.8 Å². The van der Waals surface area contributed by atoms with Crippen LogP contribution in [0.2, 0.25) is 0 Å². The molecule has 0 saturated heterocycles. The summed E-state index contributed by atoms with van der Waals surface area (Å²) in [6.07, 6.45) is 3.32. The smallest absolute Gasteiger partial charge is 0.321 e. The molecule has 1 atom stereocenters. The molecule has 0 spiro atoms. The summed E-state index contributed by atoms with van der Waals surface area (Å²) in [6.45, 7) is 1.96. The number of phenols is 1. The highest BCUT2D eigenvalue weighted by Gasteiger charge is 2.08. The number of aromatic nitrogens is 1. The lowest BCUT2D eigenvalue weighted by Crippen LogP contribution is -2.36. The molecule has 6 heteroatoms. The molecule has 2 aromatic rings. The summed E-state index contributed by atoms with van der Waals surface area (Å²) < 4.78 is 0. The Balaban J connectivity index is 1.73. The highest BCUT2D eigenvalue weighted by atomic mass is 32.1. The van der Waals surface area contributed by atoms with Gasteiger partial charge in [0, 0.05) is 17.6 Å². The Bertz CT molecular complexity index is 540.